The highest BCUT2D eigenvalue weighted by molar-refractivity contribution is 5.85. The van der Waals surface area contributed by atoms with Crippen molar-refractivity contribution in [2.75, 3.05) is 26.3 Å². The third-order valence-corrected chi connectivity index (χ3v) is 5.35. The Bertz CT molecular complexity index is 613. The van der Waals surface area contributed by atoms with Crippen LogP contribution in [0.5, 0.6) is 11.5 Å². The minimum atomic E-state index is -0.256. The van der Waals surface area contributed by atoms with Gasteiger partial charge in [-0.25, -0.2) is 0 Å². The van der Waals surface area contributed by atoms with Gasteiger partial charge in [-0.2, -0.15) is 0 Å². The van der Waals surface area contributed by atoms with E-state index in [1.54, 1.807) is 0 Å². The van der Waals surface area contributed by atoms with Crippen molar-refractivity contribution >= 4 is 18.3 Å². The molecule has 4 rings (SSSR count). The summed E-state index contributed by atoms with van der Waals surface area (Å²) in [5.41, 5.74) is 0.883. The fraction of sp³-hybridized carbons (Fsp3) is 0.632. The summed E-state index contributed by atoms with van der Waals surface area (Å²) >= 11 is 0. The van der Waals surface area contributed by atoms with Gasteiger partial charge in [0, 0.05) is 0 Å². The minimum Gasteiger partial charge on any atom is -0.486 e. The van der Waals surface area contributed by atoms with Crippen LogP contribution in [0.1, 0.15) is 44.1 Å². The molecule has 138 valence electrons. The van der Waals surface area contributed by atoms with Crippen molar-refractivity contribution in [3.05, 3.63) is 23.8 Å². The average molecular weight is 367 g/mol. The summed E-state index contributed by atoms with van der Waals surface area (Å²) in [6.45, 7) is 2.55. The zero-order valence-electron chi connectivity index (χ0n) is 14.5. The maximum Gasteiger partial charge on any atom is 0.234 e. The van der Waals surface area contributed by atoms with Gasteiger partial charge in [0.1, 0.15) is 13.2 Å². The molecule has 3 aliphatic rings. The molecule has 0 spiro atoms. The first-order valence-electron chi connectivity index (χ1n) is 9.17. The number of carbonyl (C=O) groups is 1. The normalized spacial score (nSPS) is 20.6. The lowest BCUT2D eigenvalue weighted by Gasteiger charge is -2.32. The first kappa shape index (κ1) is 18.3. The largest absolute Gasteiger partial charge is 0.486 e. The molecule has 1 aliphatic heterocycles. The summed E-state index contributed by atoms with van der Waals surface area (Å²) in [6, 6.07) is 6.11. The quantitative estimate of drug-likeness (QED) is 0.812. The van der Waals surface area contributed by atoms with Crippen molar-refractivity contribution in [2.45, 2.75) is 44.1 Å². The lowest BCUT2D eigenvalue weighted by molar-refractivity contribution is -0.122. The van der Waals surface area contributed by atoms with Gasteiger partial charge in [-0.15, -0.1) is 12.4 Å². The number of halogens is 1. The maximum absolute atomic E-state index is 12.4. The van der Waals surface area contributed by atoms with E-state index in [-0.39, 0.29) is 23.9 Å². The van der Waals surface area contributed by atoms with E-state index in [2.05, 4.69) is 22.8 Å². The zero-order chi connectivity index (χ0) is 16.4. The predicted molar refractivity (Wildman–Crippen MR) is 98.6 cm³/mol. The Hall–Kier alpha value is -1.46. The van der Waals surface area contributed by atoms with Crippen molar-refractivity contribution < 1.29 is 14.3 Å². The number of amides is 1. The molecule has 6 heteroatoms. The van der Waals surface area contributed by atoms with Crippen LogP contribution in [0.4, 0.5) is 0 Å². The highest BCUT2D eigenvalue weighted by Crippen LogP contribution is 2.42. The number of carbonyl (C=O) groups excluding carboxylic acids is 1. The van der Waals surface area contributed by atoms with E-state index in [4.69, 9.17) is 9.47 Å². The predicted octanol–water partition coefficient (Wildman–Crippen LogP) is 2.76. The number of benzene rings is 1. The molecule has 2 fully saturated rings. The van der Waals surface area contributed by atoms with Crippen molar-refractivity contribution in [1.82, 2.24) is 10.6 Å². The van der Waals surface area contributed by atoms with Gasteiger partial charge >= 0.3 is 0 Å². The maximum atomic E-state index is 12.4. The highest BCUT2D eigenvalue weighted by atomic mass is 35.5. The summed E-state index contributed by atoms with van der Waals surface area (Å²) in [5, 5.41) is 6.59. The molecule has 2 saturated carbocycles. The molecule has 0 saturated heterocycles. The molecule has 1 aromatic carbocycles. The molecule has 0 aromatic heterocycles. The summed E-state index contributed by atoms with van der Waals surface area (Å²) in [4.78, 5) is 12.4. The highest BCUT2D eigenvalue weighted by Gasteiger charge is 2.37. The van der Waals surface area contributed by atoms with E-state index in [9.17, 15) is 4.79 Å². The van der Waals surface area contributed by atoms with E-state index >= 15 is 0 Å². The van der Waals surface area contributed by atoms with Crippen LogP contribution in [-0.4, -0.2) is 32.2 Å². The van der Waals surface area contributed by atoms with Gasteiger partial charge < -0.3 is 20.1 Å². The second-order valence-corrected chi connectivity index (χ2v) is 7.27. The number of fused-ring (bicyclic) bond motifs is 1. The van der Waals surface area contributed by atoms with E-state index < -0.39 is 0 Å². The fourth-order valence-electron chi connectivity index (χ4n) is 3.83. The third-order valence-electron chi connectivity index (χ3n) is 5.35. The first-order chi connectivity index (χ1) is 11.8. The van der Waals surface area contributed by atoms with Crippen LogP contribution >= 0.6 is 12.4 Å². The van der Waals surface area contributed by atoms with Crippen LogP contribution in [0.25, 0.3) is 0 Å². The molecule has 1 amide bonds. The minimum absolute atomic E-state index is 0. The van der Waals surface area contributed by atoms with Gasteiger partial charge in [-0.1, -0.05) is 18.9 Å². The summed E-state index contributed by atoms with van der Waals surface area (Å²) in [6.07, 6.45) is 6.86. The van der Waals surface area contributed by atoms with Crippen molar-refractivity contribution in [1.29, 1.82) is 0 Å². The Morgan fingerprint density at radius 1 is 1.12 bits per heavy atom. The molecule has 1 aromatic rings. The molecule has 2 N–H and O–H groups in total. The second kappa shape index (κ2) is 7.83. The summed E-state index contributed by atoms with van der Waals surface area (Å²) in [7, 11) is 0. The van der Waals surface area contributed by atoms with Gasteiger partial charge in [-0.05, 0) is 55.8 Å². The monoisotopic (exact) mass is 366 g/mol. The van der Waals surface area contributed by atoms with Gasteiger partial charge in [-0.3, -0.25) is 4.79 Å². The molecule has 1 heterocycles. The molecule has 25 heavy (non-hydrogen) atoms. The molecule has 0 radical (unpaired) electrons. The van der Waals surface area contributed by atoms with E-state index in [0.29, 0.717) is 19.8 Å². The lowest BCUT2D eigenvalue weighted by Crippen LogP contribution is -2.47. The standard InChI is InChI=1S/C19H26N2O3.ClH/c22-18(13-20-12-14-3-4-14)21-19(7-1-2-8-19)15-5-6-16-17(11-15)24-10-9-23-16;/h5-6,11,14,20H,1-4,7-10,12-13H2,(H,21,22);1H. The van der Waals surface area contributed by atoms with Crippen LogP contribution in [0.15, 0.2) is 18.2 Å². The fourth-order valence-corrected chi connectivity index (χ4v) is 3.83. The second-order valence-electron chi connectivity index (χ2n) is 7.27. The van der Waals surface area contributed by atoms with Gasteiger partial charge in [0.15, 0.2) is 11.5 Å². The SMILES string of the molecule is Cl.O=C(CNCC1CC1)NC1(c2ccc3c(c2)OCCO3)CCCC1. The average Bonchev–Trinajstić information content (AvgIpc) is 3.31. The lowest BCUT2D eigenvalue weighted by atomic mass is 9.87. The molecule has 0 unspecified atom stereocenters. The molecular formula is C19H27ClN2O3. The van der Waals surface area contributed by atoms with Crippen LogP contribution < -0.4 is 20.1 Å². The van der Waals surface area contributed by atoms with Crippen molar-refractivity contribution in [3.63, 3.8) is 0 Å². The first-order valence-corrected chi connectivity index (χ1v) is 9.17. The molecule has 0 bridgehead atoms. The molecule has 2 aliphatic carbocycles. The summed E-state index contributed by atoms with van der Waals surface area (Å²) in [5.74, 6) is 2.48. The van der Waals surface area contributed by atoms with Crippen LogP contribution in [0.2, 0.25) is 0 Å². The van der Waals surface area contributed by atoms with Gasteiger partial charge in [0.2, 0.25) is 5.91 Å². The number of ether oxygens (including phenoxy) is 2. The molecular weight excluding hydrogens is 340 g/mol. The van der Waals surface area contributed by atoms with Crippen molar-refractivity contribution in [2.24, 2.45) is 5.92 Å². The Kier molecular flexibility index (Phi) is 5.74. The topological polar surface area (TPSA) is 59.6 Å². The van der Waals surface area contributed by atoms with Gasteiger partial charge in [0.05, 0.1) is 12.1 Å². The Morgan fingerprint density at radius 3 is 2.56 bits per heavy atom. The Balaban J connectivity index is 0.00000182. The van der Waals surface area contributed by atoms with Crippen molar-refractivity contribution in [3.8, 4) is 11.5 Å². The zero-order valence-corrected chi connectivity index (χ0v) is 15.3. The molecule has 5 nitrogen and oxygen atoms in total. The van der Waals surface area contributed by atoms with Gasteiger partial charge in [0.25, 0.3) is 0 Å². The molecule has 0 atom stereocenters. The third kappa shape index (κ3) is 4.21. The van der Waals surface area contributed by atoms with Crippen LogP contribution in [0, 0.1) is 5.92 Å². The Morgan fingerprint density at radius 2 is 1.84 bits per heavy atom. The van der Waals surface area contributed by atoms with E-state index in [1.807, 2.05) is 6.07 Å². The number of hydrogen-bond acceptors (Lipinski definition) is 4. The Labute approximate surface area is 155 Å². The summed E-state index contributed by atoms with van der Waals surface area (Å²) < 4.78 is 11.3. The van der Waals surface area contributed by atoms with E-state index in [1.165, 1.54) is 12.8 Å². The smallest absolute Gasteiger partial charge is 0.234 e. The van der Waals surface area contributed by atoms with Crippen LogP contribution in [0.3, 0.4) is 0 Å². The number of hydrogen-bond donors (Lipinski definition) is 2. The van der Waals surface area contributed by atoms with Crippen LogP contribution in [-0.2, 0) is 10.3 Å². The van der Waals surface area contributed by atoms with E-state index in [0.717, 1.165) is 55.2 Å². The number of nitrogens with one attached hydrogen (secondary N) is 2. The number of rotatable bonds is 6.